The van der Waals surface area contributed by atoms with Crippen LogP contribution in [0.2, 0.25) is 5.02 Å². The maximum Gasteiger partial charge on any atom is 0.251 e. The van der Waals surface area contributed by atoms with Crippen molar-refractivity contribution < 1.29 is 14.3 Å². The molecule has 6 nitrogen and oxygen atoms in total. The van der Waals surface area contributed by atoms with Crippen molar-refractivity contribution in [2.75, 3.05) is 37.4 Å². The van der Waals surface area contributed by atoms with Crippen molar-refractivity contribution in [2.45, 2.75) is 0 Å². The van der Waals surface area contributed by atoms with E-state index in [4.69, 9.17) is 16.3 Å². The topological polar surface area (TPSA) is 79.5 Å². The van der Waals surface area contributed by atoms with Gasteiger partial charge in [-0.2, -0.15) is 0 Å². The van der Waals surface area contributed by atoms with Gasteiger partial charge in [0.05, 0.1) is 13.2 Å². The van der Waals surface area contributed by atoms with Crippen LogP contribution in [-0.2, 0) is 9.53 Å². The van der Waals surface area contributed by atoms with E-state index >= 15 is 0 Å². The molecule has 3 N–H and O–H groups in total. The molecule has 132 valence electrons. The Morgan fingerprint density at radius 1 is 1.00 bits per heavy atom. The lowest BCUT2D eigenvalue weighted by atomic mass is 10.2. The zero-order chi connectivity index (χ0) is 18.1. The smallest absolute Gasteiger partial charge is 0.251 e. The van der Waals surface area contributed by atoms with Crippen LogP contribution in [0.4, 0.5) is 11.4 Å². The third-order valence-corrected chi connectivity index (χ3v) is 3.57. The van der Waals surface area contributed by atoms with Crippen LogP contribution in [0.5, 0.6) is 0 Å². The summed E-state index contributed by atoms with van der Waals surface area (Å²) in [7, 11) is 1.58. The highest BCUT2D eigenvalue weighted by molar-refractivity contribution is 6.30. The van der Waals surface area contributed by atoms with Gasteiger partial charge in [-0.05, 0) is 48.5 Å². The zero-order valence-electron chi connectivity index (χ0n) is 13.8. The fourth-order valence-corrected chi connectivity index (χ4v) is 2.15. The second kappa shape index (κ2) is 9.66. The molecule has 0 bridgehead atoms. The van der Waals surface area contributed by atoms with E-state index in [0.29, 0.717) is 29.4 Å². The van der Waals surface area contributed by atoms with Gasteiger partial charge in [0.1, 0.15) is 0 Å². The average Bonchev–Trinajstić information content (AvgIpc) is 2.62. The van der Waals surface area contributed by atoms with E-state index in [9.17, 15) is 9.59 Å². The Bertz CT molecular complexity index is 703. The SMILES string of the molecule is COCCNC(=O)c1ccc(NCC(=O)Nc2ccc(Cl)cc2)cc1. The minimum absolute atomic E-state index is 0.113. The highest BCUT2D eigenvalue weighted by Crippen LogP contribution is 2.13. The molecular formula is C18H20ClN3O3. The number of methoxy groups -OCH3 is 1. The lowest BCUT2D eigenvalue weighted by molar-refractivity contribution is -0.114. The maximum absolute atomic E-state index is 11.9. The van der Waals surface area contributed by atoms with Crippen molar-refractivity contribution in [2.24, 2.45) is 0 Å². The Labute approximate surface area is 151 Å². The minimum Gasteiger partial charge on any atom is -0.383 e. The third-order valence-electron chi connectivity index (χ3n) is 3.32. The molecule has 0 unspecified atom stereocenters. The van der Waals surface area contributed by atoms with E-state index in [1.165, 1.54) is 0 Å². The molecule has 0 heterocycles. The van der Waals surface area contributed by atoms with Crippen molar-refractivity contribution >= 4 is 34.8 Å². The van der Waals surface area contributed by atoms with Crippen molar-refractivity contribution in [3.8, 4) is 0 Å². The fraction of sp³-hybridized carbons (Fsp3) is 0.222. The molecule has 0 radical (unpaired) electrons. The van der Waals surface area contributed by atoms with E-state index in [2.05, 4.69) is 16.0 Å². The van der Waals surface area contributed by atoms with Gasteiger partial charge in [-0.15, -0.1) is 0 Å². The fourth-order valence-electron chi connectivity index (χ4n) is 2.03. The number of nitrogens with one attached hydrogen (secondary N) is 3. The number of hydrogen-bond acceptors (Lipinski definition) is 4. The van der Waals surface area contributed by atoms with Crippen LogP contribution in [0.15, 0.2) is 48.5 Å². The quantitative estimate of drug-likeness (QED) is 0.632. The Morgan fingerprint density at radius 3 is 2.28 bits per heavy atom. The third kappa shape index (κ3) is 6.45. The number of benzene rings is 2. The van der Waals surface area contributed by atoms with Crippen LogP contribution < -0.4 is 16.0 Å². The summed E-state index contributed by atoms with van der Waals surface area (Å²) >= 11 is 5.80. The number of halogens is 1. The van der Waals surface area contributed by atoms with Gasteiger partial charge in [0.25, 0.3) is 5.91 Å². The first-order valence-corrected chi connectivity index (χ1v) is 8.13. The summed E-state index contributed by atoms with van der Waals surface area (Å²) in [6, 6.07) is 13.8. The molecule has 0 aliphatic rings. The van der Waals surface area contributed by atoms with Crippen molar-refractivity contribution in [3.63, 3.8) is 0 Å². The highest BCUT2D eigenvalue weighted by atomic mass is 35.5. The maximum atomic E-state index is 11.9. The van der Waals surface area contributed by atoms with Crippen LogP contribution in [0.1, 0.15) is 10.4 Å². The number of carbonyl (C=O) groups is 2. The Kier molecular flexibility index (Phi) is 7.25. The summed E-state index contributed by atoms with van der Waals surface area (Å²) in [5, 5.41) is 9.12. The normalized spacial score (nSPS) is 10.2. The van der Waals surface area contributed by atoms with E-state index in [1.54, 1.807) is 55.6 Å². The van der Waals surface area contributed by atoms with Gasteiger partial charge in [0, 0.05) is 35.6 Å². The molecule has 0 aliphatic carbocycles. The number of ether oxygens (including phenoxy) is 1. The molecule has 2 aromatic rings. The predicted molar refractivity (Wildman–Crippen MR) is 99.2 cm³/mol. The standard InChI is InChI=1S/C18H20ClN3O3/c1-25-11-10-20-18(24)13-2-6-15(7-3-13)21-12-17(23)22-16-8-4-14(19)5-9-16/h2-9,21H,10-12H2,1H3,(H,20,24)(H,22,23). The highest BCUT2D eigenvalue weighted by Gasteiger charge is 2.06. The average molecular weight is 362 g/mol. The second-order valence-corrected chi connectivity index (χ2v) is 5.67. The van der Waals surface area contributed by atoms with Crippen LogP contribution in [-0.4, -0.2) is 38.6 Å². The lowest BCUT2D eigenvalue weighted by Gasteiger charge is -2.09. The van der Waals surface area contributed by atoms with Gasteiger partial charge in [-0.25, -0.2) is 0 Å². The van der Waals surface area contributed by atoms with Crippen LogP contribution in [0.3, 0.4) is 0 Å². The minimum atomic E-state index is -0.177. The Hall–Kier alpha value is -2.57. The molecule has 2 amide bonds. The van der Waals surface area contributed by atoms with E-state index in [0.717, 1.165) is 5.69 Å². The molecule has 0 aliphatic heterocycles. The molecule has 25 heavy (non-hydrogen) atoms. The molecule has 0 saturated heterocycles. The van der Waals surface area contributed by atoms with Gasteiger partial charge < -0.3 is 20.7 Å². The number of rotatable bonds is 8. The van der Waals surface area contributed by atoms with E-state index in [-0.39, 0.29) is 18.4 Å². The number of carbonyl (C=O) groups excluding carboxylic acids is 2. The monoisotopic (exact) mass is 361 g/mol. The van der Waals surface area contributed by atoms with Gasteiger partial charge in [0.2, 0.25) is 5.91 Å². The van der Waals surface area contributed by atoms with E-state index < -0.39 is 0 Å². The van der Waals surface area contributed by atoms with Gasteiger partial charge in [-0.1, -0.05) is 11.6 Å². The summed E-state index contributed by atoms with van der Waals surface area (Å²) < 4.78 is 4.88. The van der Waals surface area contributed by atoms with E-state index in [1.807, 2.05) is 0 Å². The van der Waals surface area contributed by atoms with Crippen LogP contribution in [0, 0.1) is 0 Å². The predicted octanol–water partition coefficient (Wildman–Crippen LogP) is 2.77. The zero-order valence-corrected chi connectivity index (χ0v) is 14.6. The Balaban J connectivity index is 1.79. The van der Waals surface area contributed by atoms with Crippen molar-refractivity contribution in [1.29, 1.82) is 0 Å². The summed E-state index contributed by atoms with van der Waals surface area (Å²) in [6.07, 6.45) is 0. The molecule has 2 aromatic carbocycles. The van der Waals surface area contributed by atoms with Crippen LogP contribution >= 0.6 is 11.6 Å². The number of anilines is 2. The Morgan fingerprint density at radius 2 is 1.64 bits per heavy atom. The first-order chi connectivity index (χ1) is 12.1. The molecular weight excluding hydrogens is 342 g/mol. The summed E-state index contributed by atoms with van der Waals surface area (Å²) in [4.78, 5) is 23.8. The largest absolute Gasteiger partial charge is 0.383 e. The van der Waals surface area contributed by atoms with Gasteiger partial charge >= 0.3 is 0 Å². The summed E-state index contributed by atoms with van der Waals surface area (Å²) in [6.45, 7) is 1.04. The second-order valence-electron chi connectivity index (χ2n) is 5.23. The molecule has 0 fully saturated rings. The van der Waals surface area contributed by atoms with Gasteiger partial charge in [-0.3, -0.25) is 9.59 Å². The lowest BCUT2D eigenvalue weighted by Crippen LogP contribution is -2.26. The van der Waals surface area contributed by atoms with Gasteiger partial charge in [0.15, 0.2) is 0 Å². The first kappa shape index (κ1) is 18.8. The molecule has 0 saturated carbocycles. The van der Waals surface area contributed by atoms with Crippen molar-refractivity contribution in [1.82, 2.24) is 5.32 Å². The first-order valence-electron chi connectivity index (χ1n) is 7.75. The molecule has 2 rings (SSSR count). The molecule has 7 heteroatoms. The summed E-state index contributed by atoms with van der Waals surface area (Å²) in [5.74, 6) is -0.340. The number of hydrogen-bond donors (Lipinski definition) is 3. The summed E-state index contributed by atoms with van der Waals surface area (Å²) in [5.41, 5.74) is 1.98. The van der Waals surface area contributed by atoms with Crippen LogP contribution in [0.25, 0.3) is 0 Å². The number of amides is 2. The molecule has 0 spiro atoms. The molecule has 0 atom stereocenters. The van der Waals surface area contributed by atoms with Crippen molar-refractivity contribution in [3.05, 3.63) is 59.1 Å². The molecule has 0 aromatic heterocycles.